The summed E-state index contributed by atoms with van der Waals surface area (Å²) in [5.74, 6) is -3.35. The van der Waals surface area contributed by atoms with E-state index < -0.39 is 54.0 Å². The van der Waals surface area contributed by atoms with Gasteiger partial charge in [0.25, 0.3) is 0 Å². The Morgan fingerprint density at radius 2 is 1.41 bits per heavy atom. The monoisotopic (exact) mass is 459 g/mol. The van der Waals surface area contributed by atoms with Crippen LogP contribution in [0.3, 0.4) is 0 Å². The third kappa shape index (κ3) is 10.9. The van der Waals surface area contributed by atoms with Gasteiger partial charge in [0.2, 0.25) is 17.7 Å². The predicted octanol–water partition coefficient (Wildman–Crippen LogP) is -0.935. The number of carbonyl (C=O) groups is 4. The molecule has 9 N–H and O–H groups in total. The van der Waals surface area contributed by atoms with Gasteiger partial charge in [0, 0.05) is 0 Å². The molecule has 0 rings (SSSR count). The van der Waals surface area contributed by atoms with Crippen molar-refractivity contribution in [1.29, 1.82) is 0 Å². The Balaban J connectivity index is 5.45. The highest BCUT2D eigenvalue weighted by molar-refractivity contribution is 5.94. The van der Waals surface area contributed by atoms with Crippen LogP contribution in [0.4, 0.5) is 0 Å². The van der Waals surface area contributed by atoms with Crippen molar-refractivity contribution in [3.63, 3.8) is 0 Å². The van der Waals surface area contributed by atoms with Crippen LogP contribution in [0, 0.1) is 11.8 Å². The SMILES string of the molecule is CC(C)CC(NC(=O)C(CCCCN)NC(=O)C(NC(=O)C(N)C(C)O)C(C)C)C(=O)O. The van der Waals surface area contributed by atoms with E-state index in [1.165, 1.54) is 6.92 Å². The van der Waals surface area contributed by atoms with Crippen molar-refractivity contribution in [3.8, 4) is 0 Å². The Kier molecular flexibility index (Phi) is 13.7. The quantitative estimate of drug-likeness (QED) is 0.152. The molecule has 11 heteroatoms. The van der Waals surface area contributed by atoms with Gasteiger partial charge in [0.05, 0.1) is 6.10 Å². The van der Waals surface area contributed by atoms with Crippen LogP contribution in [0.15, 0.2) is 0 Å². The van der Waals surface area contributed by atoms with Crippen LogP contribution in [-0.2, 0) is 19.2 Å². The molecule has 3 amide bonds. The van der Waals surface area contributed by atoms with Gasteiger partial charge in [-0.25, -0.2) is 4.79 Å². The fourth-order valence-corrected chi connectivity index (χ4v) is 2.99. The standard InChI is InChI=1S/C21H41N5O6/c1-11(2)10-15(21(31)32)25-18(28)14(8-6-7-9-22)24-20(30)17(12(3)4)26-19(29)16(23)13(5)27/h11-17,27H,6-10,22-23H2,1-5H3,(H,24,30)(H,25,28)(H,26,29)(H,31,32). The summed E-state index contributed by atoms with van der Waals surface area (Å²) in [6.45, 7) is 8.89. The summed E-state index contributed by atoms with van der Waals surface area (Å²) >= 11 is 0. The number of rotatable bonds is 15. The van der Waals surface area contributed by atoms with Gasteiger partial charge in [-0.3, -0.25) is 14.4 Å². The molecule has 0 bridgehead atoms. The molecule has 0 aromatic carbocycles. The molecule has 0 aromatic rings. The highest BCUT2D eigenvalue weighted by atomic mass is 16.4. The van der Waals surface area contributed by atoms with Crippen molar-refractivity contribution in [2.75, 3.05) is 6.54 Å². The van der Waals surface area contributed by atoms with Gasteiger partial charge >= 0.3 is 5.97 Å². The average molecular weight is 460 g/mol. The van der Waals surface area contributed by atoms with E-state index in [0.717, 1.165) is 0 Å². The second kappa shape index (κ2) is 14.8. The molecule has 0 fully saturated rings. The molecule has 11 nitrogen and oxygen atoms in total. The molecular weight excluding hydrogens is 418 g/mol. The van der Waals surface area contributed by atoms with Gasteiger partial charge in [-0.05, 0) is 51.0 Å². The van der Waals surface area contributed by atoms with Gasteiger partial charge in [-0.15, -0.1) is 0 Å². The van der Waals surface area contributed by atoms with Crippen LogP contribution in [0.5, 0.6) is 0 Å². The Labute approximate surface area is 190 Å². The lowest BCUT2D eigenvalue weighted by Crippen LogP contribution is -2.59. The van der Waals surface area contributed by atoms with E-state index in [9.17, 15) is 29.4 Å². The number of aliphatic hydroxyl groups is 1. The zero-order chi connectivity index (χ0) is 25.0. The number of aliphatic carboxylic acids is 1. The molecule has 0 heterocycles. The van der Waals surface area contributed by atoms with Crippen LogP contribution in [0.1, 0.15) is 60.3 Å². The maximum absolute atomic E-state index is 12.9. The number of unbranched alkanes of at least 4 members (excludes halogenated alkanes) is 1. The average Bonchev–Trinajstić information content (AvgIpc) is 2.68. The number of carboxylic acids is 1. The lowest BCUT2D eigenvalue weighted by Gasteiger charge is -2.27. The molecule has 32 heavy (non-hydrogen) atoms. The van der Waals surface area contributed by atoms with E-state index in [2.05, 4.69) is 16.0 Å². The molecule has 5 atom stereocenters. The number of carbonyl (C=O) groups excluding carboxylic acids is 3. The second-order valence-electron chi connectivity index (χ2n) is 8.87. The number of carboxylic acid groups (broad SMARTS) is 1. The van der Waals surface area contributed by atoms with Crippen molar-refractivity contribution >= 4 is 23.7 Å². The molecule has 0 aliphatic heterocycles. The molecule has 5 unspecified atom stereocenters. The Morgan fingerprint density at radius 1 is 0.844 bits per heavy atom. The molecular formula is C21H41N5O6. The fraction of sp³-hybridized carbons (Fsp3) is 0.810. The van der Waals surface area contributed by atoms with Crippen molar-refractivity contribution in [3.05, 3.63) is 0 Å². The molecule has 0 aromatic heterocycles. The first-order valence-corrected chi connectivity index (χ1v) is 11.1. The maximum atomic E-state index is 12.9. The molecule has 0 saturated carbocycles. The molecule has 0 spiro atoms. The van der Waals surface area contributed by atoms with Gasteiger partial charge < -0.3 is 37.6 Å². The first-order valence-electron chi connectivity index (χ1n) is 11.1. The highest BCUT2D eigenvalue weighted by Gasteiger charge is 2.32. The zero-order valence-corrected chi connectivity index (χ0v) is 19.8. The minimum Gasteiger partial charge on any atom is -0.480 e. The van der Waals surface area contributed by atoms with E-state index in [-0.39, 0.29) is 24.7 Å². The first kappa shape index (κ1) is 29.8. The topological polar surface area (TPSA) is 197 Å². The summed E-state index contributed by atoms with van der Waals surface area (Å²) in [6, 6.07) is -4.28. The highest BCUT2D eigenvalue weighted by Crippen LogP contribution is 2.09. The van der Waals surface area contributed by atoms with Gasteiger partial charge in [-0.2, -0.15) is 0 Å². The van der Waals surface area contributed by atoms with Crippen molar-refractivity contribution in [1.82, 2.24) is 16.0 Å². The zero-order valence-electron chi connectivity index (χ0n) is 19.8. The molecule has 0 aliphatic rings. The number of amides is 3. The van der Waals surface area contributed by atoms with E-state index in [1.54, 1.807) is 13.8 Å². The van der Waals surface area contributed by atoms with E-state index >= 15 is 0 Å². The lowest BCUT2D eigenvalue weighted by atomic mass is 10.00. The number of hydrogen-bond donors (Lipinski definition) is 7. The number of nitrogens with one attached hydrogen (secondary N) is 3. The van der Waals surface area contributed by atoms with Crippen LogP contribution in [-0.4, -0.2) is 70.7 Å². The lowest BCUT2D eigenvalue weighted by molar-refractivity contribution is -0.143. The summed E-state index contributed by atoms with van der Waals surface area (Å²) in [4.78, 5) is 49.5. The minimum atomic E-state index is -1.21. The third-order valence-electron chi connectivity index (χ3n) is 4.97. The van der Waals surface area contributed by atoms with E-state index in [0.29, 0.717) is 19.4 Å². The Morgan fingerprint density at radius 3 is 1.84 bits per heavy atom. The summed E-state index contributed by atoms with van der Waals surface area (Å²) in [5, 5.41) is 26.6. The minimum absolute atomic E-state index is 0.0420. The smallest absolute Gasteiger partial charge is 0.326 e. The van der Waals surface area contributed by atoms with Crippen LogP contribution >= 0.6 is 0 Å². The van der Waals surface area contributed by atoms with Crippen molar-refractivity contribution < 1.29 is 29.4 Å². The molecule has 0 saturated heterocycles. The third-order valence-corrected chi connectivity index (χ3v) is 4.97. The van der Waals surface area contributed by atoms with E-state index in [4.69, 9.17) is 11.5 Å². The normalized spacial score (nSPS) is 16.1. The molecule has 186 valence electrons. The fourth-order valence-electron chi connectivity index (χ4n) is 2.99. The summed E-state index contributed by atoms with van der Waals surface area (Å²) < 4.78 is 0. The molecule has 0 aliphatic carbocycles. The maximum Gasteiger partial charge on any atom is 0.326 e. The predicted molar refractivity (Wildman–Crippen MR) is 120 cm³/mol. The Bertz CT molecular complexity index is 626. The second-order valence-corrected chi connectivity index (χ2v) is 8.87. The largest absolute Gasteiger partial charge is 0.480 e. The Hall–Kier alpha value is -2.24. The molecule has 0 radical (unpaired) electrons. The number of hydrogen-bond acceptors (Lipinski definition) is 7. The van der Waals surface area contributed by atoms with Crippen LogP contribution < -0.4 is 27.4 Å². The van der Waals surface area contributed by atoms with Gasteiger partial charge in [0.1, 0.15) is 24.2 Å². The summed E-state index contributed by atoms with van der Waals surface area (Å²) in [6.07, 6.45) is 0.570. The number of nitrogens with two attached hydrogens (primary N) is 2. The van der Waals surface area contributed by atoms with Crippen molar-refractivity contribution in [2.45, 2.75) is 90.6 Å². The first-order chi connectivity index (χ1) is 14.8. The summed E-state index contributed by atoms with van der Waals surface area (Å²) in [5.41, 5.74) is 11.2. The van der Waals surface area contributed by atoms with Gasteiger partial charge in [-0.1, -0.05) is 27.7 Å². The van der Waals surface area contributed by atoms with Crippen LogP contribution in [0.2, 0.25) is 0 Å². The summed E-state index contributed by atoms with van der Waals surface area (Å²) in [7, 11) is 0. The van der Waals surface area contributed by atoms with E-state index in [1.807, 2.05) is 13.8 Å². The number of aliphatic hydroxyl groups excluding tert-OH is 1. The van der Waals surface area contributed by atoms with Crippen LogP contribution in [0.25, 0.3) is 0 Å². The van der Waals surface area contributed by atoms with Gasteiger partial charge in [0.15, 0.2) is 0 Å². The van der Waals surface area contributed by atoms with Crippen molar-refractivity contribution in [2.24, 2.45) is 23.3 Å².